The zero-order valence-corrected chi connectivity index (χ0v) is 17.6. The van der Waals surface area contributed by atoms with Crippen molar-refractivity contribution in [2.45, 2.75) is 39.5 Å². The third-order valence-corrected chi connectivity index (χ3v) is 6.43. The molecule has 4 rings (SSSR count). The van der Waals surface area contributed by atoms with E-state index in [2.05, 4.69) is 35.8 Å². The van der Waals surface area contributed by atoms with Gasteiger partial charge in [-0.2, -0.15) is 0 Å². The van der Waals surface area contributed by atoms with Crippen molar-refractivity contribution < 1.29 is 9.53 Å². The van der Waals surface area contributed by atoms with Crippen LogP contribution in [0.25, 0.3) is 0 Å². The third kappa shape index (κ3) is 4.75. The molecule has 0 spiro atoms. The summed E-state index contributed by atoms with van der Waals surface area (Å²) in [5.41, 5.74) is 2.88. The lowest BCUT2D eigenvalue weighted by Gasteiger charge is -2.35. The van der Waals surface area contributed by atoms with E-state index in [-0.39, 0.29) is 5.97 Å². The highest BCUT2D eigenvalue weighted by Gasteiger charge is 2.23. The fraction of sp³-hybridized carbons (Fsp3) is 0.480. The Morgan fingerprint density at radius 3 is 2.03 bits per heavy atom. The van der Waals surface area contributed by atoms with Crippen molar-refractivity contribution in [2.75, 3.05) is 36.0 Å². The number of hydrogen-bond acceptors (Lipinski definition) is 4. The predicted molar refractivity (Wildman–Crippen MR) is 119 cm³/mol. The standard InChI is InChI=1S/C25H32N2O2/c1-19-10-14-26(15-11-19)22-8-9-24(29-25(28)21-6-4-3-5-7-21)23(18-22)27-16-12-20(2)13-17-27/h3-9,18-20H,10-17H2,1-2H3. The molecule has 0 N–H and O–H groups in total. The van der Waals surface area contributed by atoms with Crippen LogP contribution >= 0.6 is 0 Å². The van der Waals surface area contributed by atoms with Gasteiger partial charge in [-0.15, -0.1) is 0 Å². The summed E-state index contributed by atoms with van der Waals surface area (Å²) in [7, 11) is 0. The van der Waals surface area contributed by atoms with Gasteiger partial charge in [0, 0.05) is 31.9 Å². The van der Waals surface area contributed by atoms with E-state index < -0.39 is 0 Å². The molecular formula is C25H32N2O2. The van der Waals surface area contributed by atoms with Crippen LogP contribution in [0.5, 0.6) is 5.75 Å². The van der Waals surface area contributed by atoms with Crippen molar-refractivity contribution >= 4 is 17.3 Å². The molecule has 2 aliphatic heterocycles. The van der Waals surface area contributed by atoms with Crippen LogP contribution in [0.3, 0.4) is 0 Å². The lowest BCUT2D eigenvalue weighted by Crippen LogP contribution is -2.35. The van der Waals surface area contributed by atoms with Gasteiger partial charge in [0.25, 0.3) is 0 Å². The van der Waals surface area contributed by atoms with Gasteiger partial charge < -0.3 is 14.5 Å². The Morgan fingerprint density at radius 2 is 1.41 bits per heavy atom. The van der Waals surface area contributed by atoms with Gasteiger partial charge >= 0.3 is 5.97 Å². The number of rotatable bonds is 4. The minimum absolute atomic E-state index is 0.295. The molecule has 2 aliphatic rings. The highest BCUT2D eigenvalue weighted by atomic mass is 16.5. The van der Waals surface area contributed by atoms with Gasteiger partial charge in [-0.25, -0.2) is 4.79 Å². The summed E-state index contributed by atoms with van der Waals surface area (Å²) < 4.78 is 5.87. The van der Waals surface area contributed by atoms with Crippen molar-refractivity contribution in [3.05, 3.63) is 54.1 Å². The molecule has 0 amide bonds. The Hall–Kier alpha value is -2.49. The first kappa shape index (κ1) is 19.8. The molecular weight excluding hydrogens is 360 g/mol. The molecule has 2 saturated heterocycles. The van der Waals surface area contributed by atoms with Crippen LogP contribution in [-0.2, 0) is 0 Å². The topological polar surface area (TPSA) is 32.8 Å². The minimum Gasteiger partial charge on any atom is -0.421 e. The zero-order valence-electron chi connectivity index (χ0n) is 17.6. The largest absolute Gasteiger partial charge is 0.421 e. The van der Waals surface area contributed by atoms with Crippen molar-refractivity contribution in [1.29, 1.82) is 0 Å². The van der Waals surface area contributed by atoms with Gasteiger partial charge in [0.05, 0.1) is 11.3 Å². The van der Waals surface area contributed by atoms with Crippen LogP contribution in [0.4, 0.5) is 11.4 Å². The number of anilines is 2. The summed E-state index contributed by atoms with van der Waals surface area (Å²) >= 11 is 0. The quantitative estimate of drug-likeness (QED) is 0.517. The average molecular weight is 393 g/mol. The minimum atomic E-state index is -0.295. The molecule has 0 aromatic heterocycles. The Labute approximate surface area is 174 Å². The van der Waals surface area contributed by atoms with E-state index in [1.807, 2.05) is 24.3 Å². The van der Waals surface area contributed by atoms with E-state index in [9.17, 15) is 4.79 Å². The van der Waals surface area contributed by atoms with Crippen LogP contribution in [0.2, 0.25) is 0 Å². The van der Waals surface area contributed by atoms with E-state index >= 15 is 0 Å². The van der Waals surface area contributed by atoms with E-state index in [0.717, 1.165) is 43.7 Å². The molecule has 4 heteroatoms. The molecule has 154 valence electrons. The van der Waals surface area contributed by atoms with Crippen LogP contribution in [0.1, 0.15) is 49.9 Å². The van der Waals surface area contributed by atoms with Crippen LogP contribution in [-0.4, -0.2) is 32.1 Å². The number of esters is 1. The number of ether oxygens (including phenoxy) is 1. The Bertz CT molecular complexity index is 820. The van der Waals surface area contributed by atoms with E-state index in [1.165, 1.54) is 31.4 Å². The van der Waals surface area contributed by atoms with Crippen molar-refractivity contribution in [2.24, 2.45) is 11.8 Å². The molecule has 2 fully saturated rings. The van der Waals surface area contributed by atoms with E-state index in [0.29, 0.717) is 11.3 Å². The van der Waals surface area contributed by atoms with Crippen molar-refractivity contribution in [3.63, 3.8) is 0 Å². The predicted octanol–water partition coefficient (Wildman–Crippen LogP) is 5.38. The second-order valence-corrected chi connectivity index (χ2v) is 8.75. The molecule has 0 radical (unpaired) electrons. The summed E-state index contributed by atoms with van der Waals surface area (Å²) in [5.74, 6) is 1.94. The fourth-order valence-corrected chi connectivity index (χ4v) is 4.29. The normalized spacial score (nSPS) is 18.7. The Morgan fingerprint density at radius 1 is 0.828 bits per heavy atom. The zero-order chi connectivity index (χ0) is 20.2. The lowest BCUT2D eigenvalue weighted by atomic mass is 9.97. The third-order valence-electron chi connectivity index (χ3n) is 6.43. The first-order valence-corrected chi connectivity index (χ1v) is 11.0. The number of benzene rings is 2. The molecule has 0 atom stereocenters. The highest BCUT2D eigenvalue weighted by Crippen LogP contribution is 2.36. The van der Waals surface area contributed by atoms with Gasteiger partial charge in [0.1, 0.15) is 0 Å². The molecule has 29 heavy (non-hydrogen) atoms. The maximum atomic E-state index is 12.7. The number of carbonyl (C=O) groups excluding carboxylic acids is 1. The molecule has 4 nitrogen and oxygen atoms in total. The number of carbonyl (C=O) groups is 1. The summed E-state index contributed by atoms with van der Waals surface area (Å²) in [6.07, 6.45) is 4.83. The molecule has 0 unspecified atom stereocenters. The van der Waals surface area contributed by atoms with Crippen LogP contribution in [0.15, 0.2) is 48.5 Å². The molecule has 0 bridgehead atoms. The fourth-order valence-electron chi connectivity index (χ4n) is 4.29. The van der Waals surface area contributed by atoms with Crippen molar-refractivity contribution in [3.8, 4) is 5.75 Å². The second kappa shape index (κ2) is 8.89. The van der Waals surface area contributed by atoms with Crippen LogP contribution in [0, 0.1) is 11.8 Å². The number of hydrogen-bond donors (Lipinski definition) is 0. The molecule has 2 heterocycles. The molecule has 2 aromatic rings. The summed E-state index contributed by atoms with van der Waals surface area (Å²) in [5, 5.41) is 0. The molecule has 0 saturated carbocycles. The first-order chi connectivity index (χ1) is 14.1. The van der Waals surface area contributed by atoms with Gasteiger partial charge in [-0.05, 0) is 67.9 Å². The van der Waals surface area contributed by atoms with Gasteiger partial charge in [0.15, 0.2) is 5.75 Å². The second-order valence-electron chi connectivity index (χ2n) is 8.75. The highest BCUT2D eigenvalue weighted by molar-refractivity contribution is 5.92. The number of nitrogens with zero attached hydrogens (tertiary/aromatic N) is 2. The van der Waals surface area contributed by atoms with E-state index in [1.54, 1.807) is 12.1 Å². The molecule has 2 aromatic carbocycles. The number of piperidine rings is 2. The van der Waals surface area contributed by atoms with Gasteiger partial charge in [-0.1, -0.05) is 32.0 Å². The maximum absolute atomic E-state index is 12.7. The smallest absolute Gasteiger partial charge is 0.343 e. The van der Waals surface area contributed by atoms with Crippen LogP contribution < -0.4 is 14.5 Å². The maximum Gasteiger partial charge on any atom is 0.343 e. The first-order valence-electron chi connectivity index (χ1n) is 11.0. The lowest BCUT2D eigenvalue weighted by molar-refractivity contribution is 0.0735. The summed E-state index contributed by atoms with van der Waals surface area (Å²) in [6.45, 7) is 8.87. The monoisotopic (exact) mass is 392 g/mol. The summed E-state index contributed by atoms with van der Waals surface area (Å²) in [6, 6.07) is 15.6. The average Bonchev–Trinajstić information content (AvgIpc) is 2.76. The Balaban J connectivity index is 1.60. The van der Waals surface area contributed by atoms with Gasteiger partial charge in [0.2, 0.25) is 0 Å². The van der Waals surface area contributed by atoms with Gasteiger partial charge in [-0.3, -0.25) is 0 Å². The van der Waals surface area contributed by atoms with E-state index in [4.69, 9.17) is 4.74 Å². The SMILES string of the molecule is CC1CCN(c2ccc(OC(=O)c3ccccc3)c(N3CCC(C)CC3)c2)CC1. The Kier molecular flexibility index (Phi) is 6.08. The summed E-state index contributed by atoms with van der Waals surface area (Å²) in [4.78, 5) is 17.5. The molecule has 0 aliphatic carbocycles. The van der Waals surface area contributed by atoms with Crippen molar-refractivity contribution in [1.82, 2.24) is 0 Å².